The van der Waals surface area contributed by atoms with Crippen LogP contribution in [0, 0.1) is 0 Å². The fraction of sp³-hybridized carbons (Fsp3) is 0.200. The molecule has 0 atom stereocenters. The van der Waals surface area contributed by atoms with Crippen LogP contribution < -0.4 is 24.8 Å². The van der Waals surface area contributed by atoms with Crippen molar-refractivity contribution in [1.82, 2.24) is 10.3 Å². The molecule has 0 spiro atoms. The van der Waals surface area contributed by atoms with Gasteiger partial charge in [-0.25, -0.2) is 4.79 Å². The van der Waals surface area contributed by atoms with E-state index in [-0.39, 0.29) is 6.03 Å². The van der Waals surface area contributed by atoms with Gasteiger partial charge in [0.15, 0.2) is 11.5 Å². The first kappa shape index (κ1) is 18.3. The third-order valence-electron chi connectivity index (χ3n) is 4.06. The topological polar surface area (TPSA) is 81.7 Å². The molecule has 27 heavy (non-hydrogen) atoms. The number of nitrogens with zero attached hydrogens (tertiary/aromatic N) is 1. The molecule has 1 aromatic heterocycles. The van der Waals surface area contributed by atoms with Gasteiger partial charge in [0.1, 0.15) is 5.75 Å². The molecule has 0 saturated carbocycles. The van der Waals surface area contributed by atoms with E-state index < -0.39 is 0 Å². The zero-order valence-electron chi connectivity index (χ0n) is 15.4. The summed E-state index contributed by atoms with van der Waals surface area (Å²) in [6.45, 7) is 0.335. The van der Waals surface area contributed by atoms with Crippen LogP contribution in [0.4, 0.5) is 10.5 Å². The van der Waals surface area contributed by atoms with Gasteiger partial charge >= 0.3 is 6.03 Å². The van der Waals surface area contributed by atoms with Crippen LogP contribution in [0.3, 0.4) is 0 Å². The highest BCUT2D eigenvalue weighted by molar-refractivity contribution is 6.00. The summed E-state index contributed by atoms with van der Waals surface area (Å²) in [7, 11) is 4.73. The van der Waals surface area contributed by atoms with Gasteiger partial charge < -0.3 is 24.8 Å². The summed E-state index contributed by atoms with van der Waals surface area (Å²) in [4.78, 5) is 16.7. The maximum Gasteiger partial charge on any atom is 0.319 e. The molecule has 0 aliphatic heterocycles. The van der Waals surface area contributed by atoms with Crippen LogP contribution in [0.15, 0.2) is 48.7 Å². The number of benzene rings is 2. The number of carbonyl (C=O) groups is 1. The second kappa shape index (κ2) is 8.27. The lowest BCUT2D eigenvalue weighted by molar-refractivity contribution is 0.251. The van der Waals surface area contributed by atoms with Crippen molar-refractivity contribution >= 4 is 22.6 Å². The number of aromatic nitrogens is 1. The van der Waals surface area contributed by atoms with Crippen molar-refractivity contribution in [3.05, 3.63) is 54.2 Å². The van der Waals surface area contributed by atoms with Gasteiger partial charge in [-0.1, -0.05) is 12.1 Å². The van der Waals surface area contributed by atoms with Gasteiger partial charge in [0.2, 0.25) is 0 Å². The Morgan fingerprint density at radius 1 is 1.00 bits per heavy atom. The molecule has 7 heteroatoms. The van der Waals surface area contributed by atoms with E-state index in [1.54, 1.807) is 39.7 Å². The fourth-order valence-electron chi connectivity index (χ4n) is 2.72. The number of ether oxygens (including phenoxy) is 3. The number of pyridine rings is 1. The highest BCUT2D eigenvalue weighted by Crippen LogP contribution is 2.28. The molecular weight excluding hydrogens is 346 g/mol. The van der Waals surface area contributed by atoms with Crippen molar-refractivity contribution in [2.45, 2.75) is 6.54 Å². The van der Waals surface area contributed by atoms with Crippen molar-refractivity contribution in [3.8, 4) is 17.2 Å². The molecule has 7 nitrogen and oxygen atoms in total. The Bertz CT molecular complexity index is 959. The van der Waals surface area contributed by atoms with Crippen molar-refractivity contribution in [1.29, 1.82) is 0 Å². The predicted octanol–water partition coefficient (Wildman–Crippen LogP) is 3.58. The van der Waals surface area contributed by atoms with Crippen LogP contribution in [0.2, 0.25) is 0 Å². The third-order valence-corrected chi connectivity index (χ3v) is 4.06. The molecule has 0 fully saturated rings. The van der Waals surface area contributed by atoms with Crippen molar-refractivity contribution in [2.75, 3.05) is 26.6 Å². The first-order valence-corrected chi connectivity index (χ1v) is 8.33. The Morgan fingerprint density at radius 3 is 2.56 bits per heavy atom. The van der Waals surface area contributed by atoms with E-state index in [2.05, 4.69) is 15.6 Å². The van der Waals surface area contributed by atoms with Gasteiger partial charge in [-0.15, -0.1) is 0 Å². The number of anilines is 1. The van der Waals surface area contributed by atoms with E-state index in [1.165, 1.54) is 0 Å². The monoisotopic (exact) mass is 367 g/mol. The summed E-state index contributed by atoms with van der Waals surface area (Å²) in [5, 5.41) is 6.54. The number of nitrogens with one attached hydrogen (secondary N) is 2. The number of hydrogen-bond acceptors (Lipinski definition) is 5. The van der Waals surface area contributed by atoms with Crippen LogP contribution in [0.5, 0.6) is 17.2 Å². The molecule has 3 aromatic rings. The van der Waals surface area contributed by atoms with Gasteiger partial charge in [0.25, 0.3) is 0 Å². The number of hydrogen-bond donors (Lipinski definition) is 2. The lowest BCUT2D eigenvalue weighted by atomic mass is 10.2. The molecule has 140 valence electrons. The number of amides is 2. The Balaban J connectivity index is 1.72. The van der Waals surface area contributed by atoms with Crippen LogP contribution in [-0.4, -0.2) is 32.3 Å². The minimum absolute atomic E-state index is 0.335. The predicted molar refractivity (Wildman–Crippen MR) is 104 cm³/mol. The molecule has 0 aliphatic carbocycles. The quantitative estimate of drug-likeness (QED) is 0.696. The SMILES string of the molecule is COc1cc(NC(=O)NCc2ccc(OC)c(OC)c2)c2ncccc2c1. The van der Waals surface area contributed by atoms with Crippen molar-refractivity contribution in [3.63, 3.8) is 0 Å². The summed E-state index contributed by atoms with van der Waals surface area (Å²) in [6.07, 6.45) is 1.68. The van der Waals surface area contributed by atoms with Gasteiger partial charge in [-0.2, -0.15) is 0 Å². The Hall–Kier alpha value is -3.48. The summed E-state index contributed by atoms with van der Waals surface area (Å²) in [5.74, 6) is 1.89. The maximum atomic E-state index is 12.4. The molecule has 0 saturated heterocycles. The van der Waals surface area contributed by atoms with Crippen molar-refractivity contribution < 1.29 is 19.0 Å². The van der Waals surface area contributed by atoms with E-state index in [0.717, 1.165) is 10.9 Å². The minimum Gasteiger partial charge on any atom is -0.497 e. The lowest BCUT2D eigenvalue weighted by Crippen LogP contribution is -2.28. The first-order chi connectivity index (χ1) is 13.1. The number of urea groups is 1. The van der Waals surface area contributed by atoms with Gasteiger partial charge in [-0.3, -0.25) is 4.98 Å². The van der Waals surface area contributed by atoms with Crippen LogP contribution >= 0.6 is 0 Å². The Morgan fingerprint density at radius 2 is 1.81 bits per heavy atom. The molecule has 3 rings (SSSR count). The van der Waals surface area contributed by atoms with E-state index in [1.807, 2.05) is 30.3 Å². The highest BCUT2D eigenvalue weighted by Gasteiger charge is 2.10. The summed E-state index contributed by atoms with van der Waals surface area (Å²) < 4.78 is 15.8. The second-order valence-corrected chi connectivity index (χ2v) is 5.75. The first-order valence-electron chi connectivity index (χ1n) is 8.33. The molecular formula is C20H21N3O4. The zero-order chi connectivity index (χ0) is 19.2. The molecule has 0 radical (unpaired) electrons. The fourth-order valence-corrected chi connectivity index (χ4v) is 2.72. The van der Waals surface area contributed by atoms with Gasteiger partial charge in [0, 0.05) is 24.2 Å². The molecule has 2 aromatic carbocycles. The number of rotatable bonds is 6. The van der Waals surface area contributed by atoms with E-state index in [9.17, 15) is 4.79 Å². The minimum atomic E-state index is -0.343. The molecule has 0 unspecified atom stereocenters. The molecule has 0 aliphatic rings. The van der Waals surface area contributed by atoms with Crippen LogP contribution in [0.25, 0.3) is 10.9 Å². The van der Waals surface area contributed by atoms with Crippen LogP contribution in [-0.2, 0) is 6.54 Å². The smallest absolute Gasteiger partial charge is 0.319 e. The molecule has 2 N–H and O–H groups in total. The molecule has 1 heterocycles. The van der Waals surface area contributed by atoms with Gasteiger partial charge in [-0.05, 0) is 29.8 Å². The largest absolute Gasteiger partial charge is 0.497 e. The number of fused-ring (bicyclic) bond motifs is 1. The third kappa shape index (κ3) is 4.20. The van der Waals surface area contributed by atoms with Gasteiger partial charge in [0.05, 0.1) is 32.5 Å². The average Bonchev–Trinajstić information content (AvgIpc) is 2.71. The maximum absolute atomic E-state index is 12.4. The second-order valence-electron chi connectivity index (χ2n) is 5.75. The average molecular weight is 367 g/mol. The highest BCUT2D eigenvalue weighted by atomic mass is 16.5. The number of carbonyl (C=O) groups excluding carboxylic acids is 1. The summed E-state index contributed by atoms with van der Waals surface area (Å²) >= 11 is 0. The Kier molecular flexibility index (Phi) is 5.61. The standard InChI is InChI=1S/C20H21N3O4/c1-25-15-10-14-5-4-8-21-19(14)16(11-15)23-20(24)22-12-13-6-7-17(26-2)18(9-13)27-3/h4-11H,12H2,1-3H3,(H2,22,23,24). The van der Waals surface area contributed by atoms with Crippen LogP contribution in [0.1, 0.15) is 5.56 Å². The lowest BCUT2D eigenvalue weighted by Gasteiger charge is -2.12. The van der Waals surface area contributed by atoms with E-state index >= 15 is 0 Å². The van der Waals surface area contributed by atoms with Crippen molar-refractivity contribution in [2.24, 2.45) is 0 Å². The number of methoxy groups -OCH3 is 3. The van der Waals surface area contributed by atoms with E-state index in [0.29, 0.717) is 35.0 Å². The molecule has 2 amide bonds. The normalized spacial score (nSPS) is 10.3. The Labute approximate surface area is 157 Å². The summed E-state index contributed by atoms with van der Waals surface area (Å²) in [6, 6.07) is 12.5. The molecule has 0 bridgehead atoms. The van der Waals surface area contributed by atoms with E-state index in [4.69, 9.17) is 14.2 Å². The zero-order valence-corrected chi connectivity index (χ0v) is 15.4. The summed E-state index contributed by atoms with van der Waals surface area (Å²) in [5.41, 5.74) is 2.16.